The molecule has 206 valence electrons. The molecule has 1 aliphatic rings. The van der Waals surface area contributed by atoms with Gasteiger partial charge < -0.3 is 14.8 Å². The molecule has 0 radical (unpaired) electrons. The Morgan fingerprint density at radius 1 is 1.05 bits per heavy atom. The maximum atomic E-state index is 13.3. The molecule has 0 spiro atoms. The molecule has 1 saturated heterocycles. The lowest BCUT2D eigenvalue weighted by Crippen LogP contribution is -2.54. The van der Waals surface area contributed by atoms with Crippen LogP contribution in [-0.4, -0.2) is 37.5 Å². The van der Waals surface area contributed by atoms with E-state index in [9.17, 15) is 19.2 Å². The number of barbiturate groups is 1. The second-order valence-electron chi connectivity index (χ2n) is 9.08. The number of methoxy groups -OCH3 is 1. The van der Waals surface area contributed by atoms with Crippen LogP contribution in [0.2, 0.25) is 5.02 Å². The third-order valence-corrected chi connectivity index (χ3v) is 7.12. The van der Waals surface area contributed by atoms with Crippen LogP contribution >= 0.6 is 34.2 Å². The lowest BCUT2D eigenvalue weighted by atomic mass is 10.1. The number of halogens is 2. The number of nitrogens with zero attached hydrogens (tertiary/aromatic N) is 1. The van der Waals surface area contributed by atoms with Crippen molar-refractivity contribution < 1.29 is 28.7 Å². The lowest BCUT2D eigenvalue weighted by molar-refractivity contribution is -0.122. The molecule has 0 aliphatic carbocycles. The second-order valence-corrected chi connectivity index (χ2v) is 10.7. The summed E-state index contributed by atoms with van der Waals surface area (Å²) in [5, 5.41) is 5.37. The second kappa shape index (κ2) is 12.1. The monoisotopic (exact) mass is 673 g/mol. The maximum Gasteiger partial charge on any atom is 0.335 e. The topological polar surface area (TPSA) is 114 Å². The van der Waals surface area contributed by atoms with E-state index in [-0.39, 0.29) is 23.8 Å². The van der Waals surface area contributed by atoms with Crippen molar-refractivity contribution in [2.75, 3.05) is 23.9 Å². The normalized spacial score (nSPS) is 14.3. The van der Waals surface area contributed by atoms with Gasteiger partial charge in [-0.2, -0.15) is 0 Å². The molecule has 0 bridgehead atoms. The smallest absolute Gasteiger partial charge is 0.335 e. The van der Waals surface area contributed by atoms with Crippen LogP contribution in [0.3, 0.4) is 0 Å². The van der Waals surface area contributed by atoms with E-state index < -0.39 is 17.8 Å². The van der Waals surface area contributed by atoms with Crippen LogP contribution in [-0.2, 0) is 14.4 Å². The number of imide groups is 2. The third kappa shape index (κ3) is 6.28. The summed E-state index contributed by atoms with van der Waals surface area (Å²) < 4.78 is 11.8. The summed E-state index contributed by atoms with van der Waals surface area (Å²) in [5.41, 5.74) is 3.81. The van der Waals surface area contributed by atoms with Crippen LogP contribution < -0.4 is 25.0 Å². The van der Waals surface area contributed by atoms with Crippen molar-refractivity contribution >= 4 is 75.4 Å². The molecule has 40 heavy (non-hydrogen) atoms. The van der Waals surface area contributed by atoms with Crippen molar-refractivity contribution in [3.63, 3.8) is 0 Å². The molecule has 1 heterocycles. The van der Waals surface area contributed by atoms with E-state index >= 15 is 0 Å². The summed E-state index contributed by atoms with van der Waals surface area (Å²) >= 11 is 8.10. The first-order chi connectivity index (χ1) is 19.0. The minimum atomic E-state index is -0.868. The van der Waals surface area contributed by atoms with Gasteiger partial charge in [0.2, 0.25) is 0 Å². The highest BCUT2D eigenvalue weighted by Gasteiger charge is 2.37. The van der Waals surface area contributed by atoms with Crippen LogP contribution in [0.5, 0.6) is 11.5 Å². The number of hydrogen-bond acceptors (Lipinski definition) is 6. The number of ether oxygens (including phenoxy) is 2. The Kier molecular flexibility index (Phi) is 8.79. The number of aryl methyl sites for hydroxylation is 3. The van der Waals surface area contributed by atoms with Crippen LogP contribution in [0.15, 0.2) is 54.1 Å². The zero-order valence-corrected chi connectivity index (χ0v) is 25.0. The van der Waals surface area contributed by atoms with E-state index in [2.05, 4.69) is 10.6 Å². The van der Waals surface area contributed by atoms with Gasteiger partial charge >= 0.3 is 6.03 Å². The van der Waals surface area contributed by atoms with Crippen molar-refractivity contribution in [1.82, 2.24) is 5.32 Å². The van der Waals surface area contributed by atoms with E-state index in [1.54, 1.807) is 31.2 Å². The molecule has 0 atom stereocenters. The number of carbonyl (C=O) groups excluding carboxylic acids is 4. The molecule has 3 aromatic carbocycles. The van der Waals surface area contributed by atoms with Crippen LogP contribution in [0, 0.1) is 24.3 Å². The number of amides is 5. The highest BCUT2D eigenvalue weighted by molar-refractivity contribution is 14.1. The van der Waals surface area contributed by atoms with Gasteiger partial charge in [-0.1, -0.05) is 35.4 Å². The maximum absolute atomic E-state index is 13.3. The average Bonchev–Trinajstić information content (AvgIpc) is 2.89. The Bertz CT molecular complexity index is 1590. The Hall–Kier alpha value is -3.90. The number of benzene rings is 3. The molecule has 11 heteroatoms. The van der Waals surface area contributed by atoms with E-state index in [4.69, 9.17) is 21.1 Å². The number of nitrogens with one attached hydrogen (secondary N) is 2. The predicted molar refractivity (Wildman–Crippen MR) is 161 cm³/mol. The van der Waals surface area contributed by atoms with Crippen molar-refractivity contribution in [1.29, 1.82) is 0 Å². The van der Waals surface area contributed by atoms with Crippen LogP contribution in [0.4, 0.5) is 16.2 Å². The van der Waals surface area contributed by atoms with Crippen molar-refractivity contribution in [2.24, 2.45) is 0 Å². The first-order valence-electron chi connectivity index (χ1n) is 12.0. The molecule has 9 nitrogen and oxygen atoms in total. The fourth-order valence-electron chi connectivity index (χ4n) is 4.11. The Morgan fingerprint density at radius 3 is 2.50 bits per heavy atom. The highest BCUT2D eigenvalue weighted by atomic mass is 127. The van der Waals surface area contributed by atoms with Gasteiger partial charge in [-0.3, -0.25) is 19.7 Å². The van der Waals surface area contributed by atoms with Gasteiger partial charge in [-0.05, 0) is 96.5 Å². The third-order valence-electron chi connectivity index (χ3n) is 6.08. The molecule has 1 fully saturated rings. The fraction of sp³-hybridized carbons (Fsp3) is 0.172. The Balaban J connectivity index is 1.57. The van der Waals surface area contributed by atoms with Gasteiger partial charge in [0.25, 0.3) is 17.7 Å². The van der Waals surface area contributed by atoms with Crippen LogP contribution in [0.1, 0.15) is 22.3 Å². The van der Waals surface area contributed by atoms with Crippen molar-refractivity contribution in [3.05, 3.63) is 85.0 Å². The Morgan fingerprint density at radius 2 is 1.80 bits per heavy atom. The molecule has 0 saturated carbocycles. The van der Waals surface area contributed by atoms with Gasteiger partial charge in [0, 0.05) is 10.7 Å². The number of urea groups is 1. The summed E-state index contributed by atoms with van der Waals surface area (Å²) in [6, 6.07) is 12.9. The van der Waals surface area contributed by atoms with Crippen LogP contribution in [0.25, 0.3) is 6.08 Å². The summed E-state index contributed by atoms with van der Waals surface area (Å²) in [4.78, 5) is 52.0. The molecule has 2 N–H and O–H groups in total. The Labute approximate surface area is 249 Å². The zero-order valence-electron chi connectivity index (χ0n) is 22.1. The lowest BCUT2D eigenvalue weighted by Gasteiger charge is -2.27. The fourth-order valence-corrected chi connectivity index (χ4v) is 5.05. The van der Waals surface area contributed by atoms with Gasteiger partial charge in [-0.25, -0.2) is 9.69 Å². The SMILES string of the molecule is COc1cc(/C=C2\C(=O)NC(=O)N(c3cc(Cl)ccc3C)C2=O)cc(I)c1OCC(=O)Nc1ccc(C)cc1C. The number of rotatable bonds is 7. The number of anilines is 2. The van der Waals surface area contributed by atoms with E-state index in [0.717, 1.165) is 16.0 Å². The van der Waals surface area contributed by atoms with Gasteiger partial charge in [0.05, 0.1) is 16.4 Å². The first-order valence-corrected chi connectivity index (χ1v) is 13.5. The van der Waals surface area contributed by atoms with E-state index in [1.165, 1.54) is 19.3 Å². The van der Waals surface area contributed by atoms with E-state index in [1.807, 2.05) is 54.6 Å². The minimum absolute atomic E-state index is 0.252. The highest BCUT2D eigenvalue weighted by Crippen LogP contribution is 2.35. The first kappa shape index (κ1) is 29.1. The number of hydrogen-bond donors (Lipinski definition) is 2. The van der Waals surface area contributed by atoms with Crippen molar-refractivity contribution in [2.45, 2.75) is 20.8 Å². The quantitative estimate of drug-likeness (QED) is 0.193. The summed E-state index contributed by atoms with van der Waals surface area (Å²) in [7, 11) is 1.44. The standard InChI is InChI=1S/C29H25ClIN3O6/c1-15-5-8-22(17(3)9-15)32-25(35)14-40-26-21(31)11-18(12-24(26)39-4)10-20-27(36)33-29(38)34(28(20)37)23-13-19(30)7-6-16(23)2/h5-13H,14H2,1-4H3,(H,32,35)(H,33,36,38)/b20-10+. The largest absolute Gasteiger partial charge is 0.493 e. The molecule has 3 aromatic rings. The summed E-state index contributed by atoms with van der Waals surface area (Å²) in [6.45, 7) is 5.34. The molecule has 0 unspecified atom stereocenters. The van der Waals surface area contributed by atoms with Gasteiger partial charge in [0.1, 0.15) is 5.57 Å². The van der Waals surface area contributed by atoms with Gasteiger partial charge in [0.15, 0.2) is 18.1 Å². The molecule has 4 rings (SSSR count). The molecule has 1 aliphatic heterocycles. The minimum Gasteiger partial charge on any atom is -0.493 e. The summed E-state index contributed by atoms with van der Waals surface area (Å²) in [5.74, 6) is -1.35. The van der Waals surface area contributed by atoms with Gasteiger partial charge in [-0.15, -0.1) is 0 Å². The summed E-state index contributed by atoms with van der Waals surface area (Å²) in [6.07, 6.45) is 1.36. The predicted octanol–water partition coefficient (Wildman–Crippen LogP) is 5.56. The molecule has 5 amide bonds. The van der Waals surface area contributed by atoms with E-state index in [0.29, 0.717) is 36.9 Å². The number of carbonyl (C=O) groups is 4. The molecular formula is C29H25ClIN3O6. The van der Waals surface area contributed by atoms with Crippen molar-refractivity contribution in [3.8, 4) is 11.5 Å². The molecule has 0 aromatic heterocycles. The average molecular weight is 674 g/mol. The zero-order chi connectivity index (χ0) is 29.1. The molecular weight excluding hydrogens is 649 g/mol.